The van der Waals surface area contributed by atoms with E-state index >= 15 is 0 Å². The second-order valence-electron chi connectivity index (χ2n) is 19.3. The summed E-state index contributed by atoms with van der Waals surface area (Å²) in [5.74, 6) is 1.45. The number of fused-ring (bicyclic) bond motifs is 10. The number of benzene rings is 2. The van der Waals surface area contributed by atoms with Crippen molar-refractivity contribution in [2.75, 3.05) is 5.75 Å². The highest BCUT2D eigenvalue weighted by atomic mass is 32.2. The van der Waals surface area contributed by atoms with E-state index in [-0.39, 0.29) is 34.5 Å². The highest BCUT2D eigenvalue weighted by Crippen LogP contribution is 2.62. The van der Waals surface area contributed by atoms with Crippen LogP contribution in [0.25, 0.3) is 0 Å². The van der Waals surface area contributed by atoms with Gasteiger partial charge in [0, 0.05) is 0 Å². The van der Waals surface area contributed by atoms with E-state index in [0.717, 1.165) is 88.2 Å². The van der Waals surface area contributed by atoms with Gasteiger partial charge in [-0.1, -0.05) is 26.0 Å². The van der Waals surface area contributed by atoms with Crippen LogP contribution < -0.4 is 14.2 Å². The molecule has 6 aliphatic carbocycles. The molecule has 2 aromatic carbocycles. The molecule has 0 radical (unpaired) electrons. The summed E-state index contributed by atoms with van der Waals surface area (Å²) >= 11 is 0. The molecule has 4 saturated carbocycles. The third-order valence-electron chi connectivity index (χ3n) is 15.1. The Morgan fingerprint density at radius 3 is 1.82 bits per heavy atom. The minimum atomic E-state index is -4.40. The zero-order valence-corrected chi connectivity index (χ0v) is 33.8. The first-order valence-corrected chi connectivity index (χ1v) is 22.3. The summed E-state index contributed by atoms with van der Waals surface area (Å²) in [4.78, 5) is 26.6. The Balaban J connectivity index is 0.963. The Morgan fingerprint density at radius 1 is 0.782 bits per heavy atom. The standard InChI is InChI=1S/C44H59NO9S/c1-42(2,3)53-41(49)45-37(40(48)52-27-8-12-29-25(22-27)6-10-33-31(29)18-20-43(4)35(33)14-16-38(43)46)24-55(50,51)54-28-9-13-30-26(23-28)7-11-34-32(30)19-21-44(5)36(34)15-17-39(44)47/h8-9,12-13,22-23,31-39,46-47H,6-7,10-11,14-21,24H2,1-5H3,(H,45,49). The third kappa shape index (κ3) is 7.20. The quantitative estimate of drug-likeness (QED) is 0.149. The predicted octanol–water partition coefficient (Wildman–Crippen LogP) is 7.33. The van der Waals surface area contributed by atoms with Crippen LogP contribution in [0.3, 0.4) is 0 Å². The molecule has 1 amide bonds. The smallest absolute Gasteiger partial charge is 0.408 e. The van der Waals surface area contributed by atoms with Gasteiger partial charge in [-0.15, -0.1) is 0 Å². The number of aliphatic hydroxyl groups excluding tert-OH is 2. The first-order chi connectivity index (χ1) is 25.9. The SMILES string of the molecule is CC(C)(C)OC(=O)NC(CS(=O)(=O)Oc1ccc2c(c1)CCC1C2CCC2(C)C(O)CCC12)C(=O)Oc1ccc2c(c1)CCC1C2CCC2(C)C(O)CCC12. The van der Waals surface area contributed by atoms with Gasteiger partial charge in [-0.2, -0.15) is 8.42 Å². The minimum absolute atomic E-state index is 0.0170. The van der Waals surface area contributed by atoms with Crippen molar-refractivity contribution in [3.8, 4) is 11.5 Å². The fourth-order valence-electron chi connectivity index (χ4n) is 12.4. The van der Waals surface area contributed by atoms with Gasteiger partial charge in [0.25, 0.3) is 0 Å². The first-order valence-electron chi connectivity index (χ1n) is 20.7. The summed E-state index contributed by atoms with van der Waals surface area (Å²) in [5, 5.41) is 24.0. The van der Waals surface area contributed by atoms with Gasteiger partial charge in [-0.3, -0.25) is 0 Å². The number of hydrogen-bond donors (Lipinski definition) is 3. The fourth-order valence-corrected chi connectivity index (χ4v) is 13.5. The van der Waals surface area contributed by atoms with Crippen molar-refractivity contribution in [1.29, 1.82) is 0 Å². The van der Waals surface area contributed by atoms with E-state index in [1.54, 1.807) is 39.0 Å². The summed E-state index contributed by atoms with van der Waals surface area (Å²) in [5.41, 5.74) is 3.76. The lowest BCUT2D eigenvalue weighted by molar-refractivity contribution is -0.136. The lowest BCUT2D eigenvalue weighted by Crippen LogP contribution is -2.49. The summed E-state index contributed by atoms with van der Waals surface area (Å²) < 4.78 is 44.0. The first kappa shape index (κ1) is 38.7. The highest BCUT2D eigenvalue weighted by molar-refractivity contribution is 7.87. The van der Waals surface area contributed by atoms with Crippen LogP contribution in [0.2, 0.25) is 0 Å². The van der Waals surface area contributed by atoms with E-state index in [2.05, 4.69) is 19.2 Å². The Morgan fingerprint density at radius 2 is 1.29 bits per heavy atom. The summed E-state index contributed by atoms with van der Waals surface area (Å²) in [6, 6.07) is 9.53. The average Bonchev–Trinajstić information content (AvgIpc) is 3.59. The molecular weight excluding hydrogens is 719 g/mol. The number of ether oxygens (including phenoxy) is 2. The maximum Gasteiger partial charge on any atom is 0.408 e. The van der Waals surface area contributed by atoms with E-state index in [1.165, 1.54) is 11.1 Å². The molecule has 6 aliphatic rings. The predicted molar refractivity (Wildman–Crippen MR) is 207 cm³/mol. The van der Waals surface area contributed by atoms with E-state index in [9.17, 15) is 28.2 Å². The molecule has 0 aliphatic heterocycles. The van der Waals surface area contributed by atoms with E-state index < -0.39 is 39.6 Å². The number of carbonyl (C=O) groups excluding carboxylic acids is 2. The molecule has 3 N–H and O–H groups in total. The zero-order chi connectivity index (χ0) is 39.1. The number of carbonyl (C=O) groups is 2. The lowest BCUT2D eigenvalue weighted by Gasteiger charge is -2.50. The summed E-state index contributed by atoms with van der Waals surface area (Å²) in [6.45, 7) is 9.55. The van der Waals surface area contributed by atoms with Crippen LogP contribution in [0.15, 0.2) is 36.4 Å². The number of alkyl carbamates (subject to hydrolysis) is 1. The summed E-state index contributed by atoms with van der Waals surface area (Å²) in [7, 11) is -4.40. The Labute approximate surface area is 326 Å². The molecular formula is C44H59NO9S. The van der Waals surface area contributed by atoms with Crippen LogP contribution in [-0.4, -0.2) is 60.3 Å². The molecule has 55 heavy (non-hydrogen) atoms. The second-order valence-corrected chi connectivity index (χ2v) is 20.9. The largest absolute Gasteiger partial charge is 0.444 e. The third-order valence-corrected chi connectivity index (χ3v) is 16.3. The van der Waals surface area contributed by atoms with Crippen molar-refractivity contribution < 1.29 is 41.9 Å². The number of nitrogens with one attached hydrogen (secondary N) is 1. The molecule has 11 heteroatoms. The van der Waals surface area contributed by atoms with Crippen LogP contribution >= 0.6 is 0 Å². The van der Waals surface area contributed by atoms with Crippen molar-refractivity contribution in [3.63, 3.8) is 0 Å². The Bertz CT molecular complexity index is 1940. The molecule has 0 aromatic heterocycles. The monoisotopic (exact) mass is 777 g/mol. The second kappa shape index (κ2) is 14.0. The molecule has 2 aromatic rings. The number of aliphatic hydroxyl groups is 2. The van der Waals surface area contributed by atoms with Gasteiger partial charge < -0.3 is 29.2 Å². The van der Waals surface area contributed by atoms with Gasteiger partial charge >= 0.3 is 22.2 Å². The van der Waals surface area contributed by atoms with Crippen LogP contribution in [0.1, 0.15) is 133 Å². The van der Waals surface area contributed by atoms with E-state index in [0.29, 0.717) is 35.5 Å². The number of hydrogen-bond acceptors (Lipinski definition) is 9. The number of aryl methyl sites for hydroxylation is 2. The number of rotatable bonds is 7. The lowest BCUT2D eigenvalue weighted by atomic mass is 9.55. The molecule has 300 valence electrons. The van der Waals surface area contributed by atoms with Gasteiger partial charge in [0.05, 0.1) is 12.2 Å². The van der Waals surface area contributed by atoms with Crippen molar-refractivity contribution >= 4 is 22.2 Å². The molecule has 0 spiro atoms. The van der Waals surface area contributed by atoms with Gasteiger partial charge in [-0.05, 0) is 191 Å². The molecule has 0 heterocycles. The number of esters is 1. The Kier molecular flexibility index (Phi) is 9.89. The van der Waals surface area contributed by atoms with Gasteiger partial charge in [0.15, 0.2) is 0 Å². The van der Waals surface area contributed by atoms with Crippen molar-refractivity contribution in [1.82, 2.24) is 5.32 Å². The molecule has 10 nitrogen and oxygen atoms in total. The zero-order valence-electron chi connectivity index (χ0n) is 33.0. The molecule has 11 unspecified atom stereocenters. The van der Waals surface area contributed by atoms with E-state index in [1.807, 2.05) is 18.2 Å². The van der Waals surface area contributed by atoms with Crippen LogP contribution in [0.5, 0.6) is 11.5 Å². The maximum absolute atomic E-state index is 13.7. The highest BCUT2D eigenvalue weighted by Gasteiger charge is 2.55. The van der Waals surface area contributed by atoms with Gasteiger partial charge in [0.1, 0.15) is 28.9 Å². The Hall–Kier alpha value is -3.15. The molecule has 4 fully saturated rings. The molecule has 8 rings (SSSR count). The minimum Gasteiger partial charge on any atom is -0.444 e. The van der Waals surface area contributed by atoms with Gasteiger partial charge in [-0.25, -0.2) is 9.59 Å². The summed E-state index contributed by atoms with van der Waals surface area (Å²) in [6.07, 6.45) is 10.0. The van der Waals surface area contributed by atoms with Crippen LogP contribution in [0.4, 0.5) is 4.79 Å². The topological polar surface area (TPSA) is 148 Å². The van der Waals surface area contributed by atoms with Crippen molar-refractivity contribution in [3.05, 3.63) is 58.7 Å². The fraction of sp³-hybridized carbons (Fsp3) is 0.682. The van der Waals surface area contributed by atoms with Crippen LogP contribution in [0, 0.1) is 34.5 Å². The van der Waals surface area contributed by atoms with Crippen LogP contribution in [-0.2, 0) is 32.5 Å². The van der Waals surface area contributed by atoms with Crippen molar-refractivity contribution in [2.45, 2.75) is 147 Å². The molecule has 11 atom stereocenters. The maximum atomic E-state index is 13.7. The molecule has 0 saturated heterocycles. The molecule has 0 bridgehead atoms. The van der Waals surface area contributed by atoms with Gasteiger partial charge in [0.2, 0.25) is 0 Å². The normalized spacial score (nSPS) is 35.5. The van der Waals surface area contributed by atoms with E-state index in [4.69, 9.17) is 13.7 Å². The van der Waals surface area contributed by atoms with Crippen molar-refractivity contribution in [2.24, 2.45) is 34.5 Å². The average molecular weight is 778 g/mol. The number of amides is 1.